The number of anilines is 1. The Labute approximate surface area is 122 Å². The van der Waals surface area contributed by atoms with Crippen LogP contribution in [-0.2, 0) is 9.53 Å². The largest absolute Gasteiger partial charge is 0.466 e. The maximum Gasteiger partial charge on any atom is 0.306 e. The normalized spacial score (nSPS) is 16.4. The van der Waals surface area contributed by atoms with Gasteiger partial charge in [0.25, 0.3) is 0 Å². The third-order valence-electron chi connectivity index (χ3n) is 3.41. The Kier molecular flexibility index (Phi) is 5.19. The van der Waals surface area contributed by atoms with Gasteiger partial charge in [-0.05, 0) is 53.7 Å². The van der Waals surface area contributed by atoms with E-state index in [0.29, 0.717) is 18.9 Å². The number of halogens is 1. The van der Waals surface area contributed by atoms with Gasteiger partial charge < -0.3 is 9.64 Å². The van der Waals surface area contributed by atoms with Gasteiger partial charge in [-0.2, -0.15) is 0 Å². The molecule has 0 aromatic carbocycles. The van der Waals surface area contributed by atoms with Gasteiger partial charge in [0.05, 0.1) is 6.61 Å². The predicted molar refractivity (Wildman–Crippen MR) is 78.1 cm³/mol. The van der Waals surface area contributed by atoms with Crippen LogP contribution >= 0.6 is 15.9 Å². The zero-order chi connectivity index (χ0) is 13.7. The highest BCUT2D eigenvalue weighted by atomic mass is 79.9. The van der Waals surface area contributed by atoms with E-state index < -0.39 is 0 Å². The molecule has 0 spiro atoms. The van der Waals surface area contributed by atoms with Crippen LogP contribution in [0.4, 0.5) is 5.82 Å². The highest BCUT2D eigenvalue weighted by molar-refractivity contribution is 9.10. The molecule has 4 nitrogen and oxygen atoms in total. The number of hydrogen-bond donors (Lipinski definition) is 0. The lowest BCUT2D eigenvalue weighted by Gasteiger charge is -2.32. The minimum Gasteiger partial charge on any atom is -0.466 e. The zero-order valence-electron chi connectivity index (χ0n) is 11.1. The van der Waals surface area contributed by atoms with Crippen molar-refractivity contribution in [2.75, 3.05) is 24.6 Å². The van der Waals surface area contributed by atoms with E-state index >= 15 is 0 Å². The fourth-order valence-electron chi connectivity index (χ4n) is 2.38. The molecule has 2 rings (SSSR count). The fourth-order valence-corrected chi connectivity index (χ4v) is 2.61. The minimum absolute atomic E-state index is 0.0669. The molecule has 1 aromatic heterocycles. The van der Waals surface area contributed by atoms with Gasteiger partial charge in [-0.15, -0.1) is 0 Å². The van der Waals surface area contributed by atoms with Crippen molar-refractivity contribution in [3.05, 3.63) is 22.8 Å². The molecule has 0 amide bonds. The van der Waals surface area contributed by atoms with Crippen LogP contribution in [0.5, 0.6) is 0 Å². The lowest BCUT2D eigenvalue weighted by molar-refractivity contribution is -0.144. The van der Waals surface area contributed by atoms with Crippen molar-refractivity contribution in [2.45, 2.75) is 26.2 Å². The summed E-state index contributed by atoms with van der Waals surface area (Å²) < 4.78 is 5.99. The van der Waals surface area contributed by atoms with Crippen LogP contribution < -0.4 is 4.90 Å². The summed E-state index contributed by atoms with van der Waals surface area (Å²) in [6.45, 7) is 4.23. The summed E-state index contributed by atoms with van der Waals surface area (Å²) >= 11 is 3.39. The molecule has 0 saturated carbocycles. The summed E-state index contributed by atoms with van der Waals surface area (Å²) in [4.78, 5) is 18.1. The second-order valence-corrected chi connectivity index (χ2v) is 5.69. The molecule has 0 atom stereocenters. The Morgan fingerprint density at radius 3 is 2.79 bits per heavy atom. The minimum atomic E-state index is -0.0669. The summed E-state index contributed by atoms with van der Waals surface area (Å²) in [7, 11) is 0. The van der Waals surface area contributed by atoms with Crippen LogP contribution in [0.3, 0.4) is 0 Å². The Morgan fingerprint density at radius 1 is 1.47 bits per heavy atom. The van der Waals surface area contributed by atoms with Gasteiger partial charge in [0.2, 0.25) is 0 Å². The van der Waals surface area contributed by atoms with Crippen LogP contribution in [0.15, 0.2) is 22.8 Å². The van der Waals surface area contributed by atoms with Gasteiger partial charge in [-0.3, -0.25) is 4.79 Å². The monoisotopic (exact) mass is 326 g/mol. The molecule has 0 aliphatic carbocycles. The quantitative estimate of drug-likeness (QED) is 0.798. The number of aromatic nitrogens is 1. The molecule has 0 radical (unpaired) electrons. The number of esters is 1. The Hall–Kier alpha value is -1.10. The third kappa shape index (κ3) is 4.20. The van der Waals surface area contributed by atoms with Gasteiger partial charge in [-0.1, -0.05) is 0 Å². The van der Waals surface area contributed by atoms with E-state index in [1.54, 1.807) is 0 Å². The van der Waals surface area contributed by atoms with Crippen LogP contribution in [-0.4, -0.2) is 30.6 Å². The number of piperidine rings is 1. The van der Waals surface area contributed by atoms with E-state index in [-0.39, 0.29) is 5.97 Å². The molecule has 0 N–H and O–H groups in total. The molecular weight excluding hydrogens is 308 g/mol. The smallest absolute Gasteiger partial charge is 0.306 e. The molecule has 1 saturated heterocycles. The van der Waals surface area contributed by atoms with Gasteiger partial charge in [0.1, 0.15) is 5.82 Å². The highest BCUT2D eigenvalue weighted by Crippen LogP contribution is 2.24. The number of nitrogens with zero attached hydrogens (tertiary/aromatic N) is 2. The van der Waals surface area contributed by atoms with Crippen LogP contribution in [0, 0.1) is 5.92 Å². The molecule has 5 heteroatoms. The van der Waals surface area contributed by atoms with Crippen molar-refractivity contribution in [2.24, 2.45) is 5.92 Å². The highest BCUT2D eigenvalue weighted by Gasteiger charge is 2.22. The maximum absolute atomic E-state index is 11.4. The van der Waals surface area contributed by atoms with E-state index in [1.165, 1.54) is 0 Å². The van der Waals surface area contributed by atoms with Gasteiger partial charge in [0.15, 0.2) is 0 Å². The van der Waals surface area contributed by atoms with Crippen LogP contribution in [0.25, 0.3) is 0 Å². The zero-order valence-corrected chi connectivity index (χ0v) is 12.7. The standard InChI is InChI=1S/C14H19BrN2O2/c1-2-19-14(18)9-11-5-7-17(8-6-11)13-4-3-12(15)10-16-13/h3-4,10-11H,2,5-9H2,1H3. The average molecular weight is 327 g/mol. The van der Waals surface area contributed by atoms with E-state index in [9.17, 15) is 4.79 Å². The van der Waals surface area contributed by atoms with Crippen molar-refractivity contribution in [3.63, 3.8) is 0 Å². The number of pyridine rings is 1. The molecular formula is C14H19BrN2O2. The molecule has 1 fully saturated rings. The molecule has 1 aliphatic rings. The number of hydrogen-bond acceptors (Lipinski definition) is 4. The van der Waals surface area contributed by atoms with Crippen molar-refractivity contribution >= 4 is 27.7 Å². The van der Waals surface area contributed by atoms with E-state index in [1.807, 2.05) is 25.3 Å². The lowest BCUT2D eigenvalue weighted by Crippen LogP contribution is -2.35. The van der Waals surface area contributed by atoms with Crippen LogP contribution in [0.2, 0.25) is 0 Å². The van der Waals surface area contributed by atoms with E-state index in [0.717, 1.165) is 36.2 Å². The number of rotatable bonds is 4. The van der Waals surface area contributed by atoms with Crippen molar-refractivity contribution < 1.29 is 9.53 Å². The predicted octanol–water partition coefficient (Wildman–Crippen LogP) is 3.01. The molecule has 2 heterocycles. The van der Waals surface area contributed by atoms with E-state index in [4.69, 9.17) is 4.74 Å². The molecule has 0 bridgehead atoms. The molecule has 104 valence electrons. The van der Waals surface area contributed by atoms with Gasteiger partial charge in [0, 0.05) is 30.2 Å². The topological polar surface area (TPSA) is 42.4 Å². The first-order valence-corrected chi connectivity index (χ1v) is 7.50. The van der Waals surface area contributed by atoms with Gasteiger partial charge in [-0.25, -0.2) is 4.98 Å². The molecule has 0 unspecified atom stereocenters. The summed E-state index contributed by atoms with van der Waals surface area (Å²) in [5, 5.41) is 0. The van der Waals surface area contributed by atoms with E-state index in [2.05, 4.69) is 25.8 Å². The Morgan fingerprint density at radius 2 is 2.21 bits per heavy atom. The number of carbonyl (C=O) groups excluding carboxylic acids is 1. The first-order valence-electron chi connectivity index (χ1n) is 6.71. The van der Waals surface area contributed by atoms with Crippen molar-refractivity contribution in [1.82, 2.24) is 4.98 Å². The first-order chi connectivity index (χ1) is 9.19. The van der Waals surface area contributed by atoms with Gasteiger partial charge >= 0.3 is 5.97 Å². The fraction of sp³-hybridized carbons (Fsp3) is 0.571. The molecule has 1 aliphatic heterocycles. The summed E-state index contributed by atoms with van der Waals surface area (Å²) in [6, 6.07) is 4.03. The third-order valence-corrected chi connectivity index (χ3v) is 3.88. The number of carbonyl (C=O) groups is 1. The molecule has 19 heavy (non-hydrogen) atoms. The second-order valence-electron chi connectivity index (χ2n) is 4.77. The summed E-state index contributed by atoms with van der Waals surface area (Å²) in [6.07, 6.45) is 4.42. The van der Waals surface area contributed by atoms with Crippen molar-refractivity contribution in [1.29, 1.82) is 0 Å². The Bertz CT molecular complexity index is 414. The summed E-state index contributed by atoms with van der Waals surface area (Å²) in [5.74, 6) is 1.39. The van der Waals surface area contributed by atoms with Crippen LogP contribution in [0.1, 0.15) is 26.2 Å². The molecule has 1 aromatic rings. The van der Waals surface area contributed by atoms with Crippen molar-refractivity contribution in [3.8, 4) is 0 Å². The second kappa shape index (κ2) is 6.89. The summed E-state index contributed by atoms with van der Waals surface area (Å²) in [5.41, 5.74) is 0. The average Bonchev–Trinajstić information content (AvgIpc) is 2.41. The lowest BCUT2D eigenvalue weighted by atomic mass is 9.93. The first kappa shape index (κ1) is 14.3. The maximum atomic E-state index is 11.4. The number of ether oxygens (including phenoxy) is 1. The Balaban J connectivity index is 1.82. The SMILES string of the molecule is CCOC(=O)CC1CCN(c2ccc(Br)cn2)CC1.